The lowest BCUT2D eigenvalue weighted by atomic mass is 9.84. The summed E-state index contributed by atoms with van der Waals surface area (Å²) in [6.45, 7) is 3.99. The molecule has 2 aromatic rings. The van der Waals surface area contributed by atoms with E-state index in [1.165, 1.54) is 43.4 Å². The van der Waals surface area contributed by atoms with Crippen molar-refractivity contribution in [3.63, 3.8) is 0 Å². The standard InChI is InChI=1S/C23H30ClNO/c1-2-3-4-5-6-19-7-13-22(14-8-19)25-17-15-23(26,16-18-25)20-9-11-21(24)12-10-20/h7-14,26H,2-6,15-18H2,1H3. The van der Waals surface area contributed by atoms with Gasteiger partial charge in [-0.05, 0) is 61.1 Å². The number of unbranched alkanes of at least 4 members (excludes halogenated alkanes) is 3. The number of nitrogens with zero attached hydrogens (tertiary/aromatic N) is 1. The number of aliphatic hydroxyl groups is 1. The zero-order valence-electron chi connectivity index (χ0n) is 15.8. The van der Waals surface area contributed by atoms with Crippen LogP contribution in [-0.2, 0) is 12.0 Å². The van der Waals surface area contributed by atoms with Crippen LogP contribution < -0.4 is 4.90 Å². The van der Waals surface area contributed by atoms with E-state index in [2.05, 4.69) is 36.1 Å². The average molecular weight is 372 g/mol. The Labute approximate surface area is 162 Å². The fourth-order valence-electron chi connectivity index (χ4n) is 3.81. The largest absolute Gasteiger partial charge is 0.385 e. The number of hydrogen-bond donors (Lipinski definition) is 1. The van der Waals surface area contributed by atoms with Gasteiger partial charge < -0.3 is 10.0 Å². The lowest BCUT2D eigenvalue weighted by molar-refractivity contribution is 0.0118. The van der Waals surface area contributed by atoms with Crippen molar-refractivity contribution < 1.29 is 5.11 Å². The molecule has 1 N–H and O–H groups in total. The summed E-state index contributed by atoms with van der Waals surface area (Å²) in [7, 11) is 0. The molecular weight excluding hydrogens is 342 g/mol. The summed E-state index contributed by atoms with van der Waals surface area (Å²) in [5, 5.41) is 11.7. The van der Waals surface area contributed by atoms with Crippen molar-refractivity contribution in [3.05, 3.63) is 64.7 Å². The SMILES string of the molecule is CCCCCCc1ccc(N2CCC(O)(c3ccc(Cl)cc3)CC2)cc1. The van der Waals surface area contributed by atoms with Gasteiger partial charge in [-0.3, -0.25) is 0 Å². The molecule has 140 valence electrons. The Morgan fingerprint density at radius 2 is 1.58 bits per heavy atom. The molecule has 2 aromatic carbocycles. The van der Waals surface area contributed by atoms with E-state index in [1.54, 1.807) is 0 Å². The zero-order chi connectivity index (χ0) is 18.4. The molecule has 26 heavy (non-hydrogen) atoms. The topological polar surface area (TPSA) is 23.5 Å². The van der Waals surface area contributed by atoms with Crippen LogP contribution in [0.2, 0.25) is 5.02 Å². The van der Waals surface area contributed by atoms with Crippen molar-refractivity contribution in [1.82, 2.24) is 0 Å². The summed E-state index contributed by atoms with van der Waals surface area (Å²) in [6.07, 6.45) is 7.90. The molecule has 3 rings (SSSR count). The van der Waals surface area contributed by atoms with Crippen molar-refractivity contribution >= 4 is 17.3 Å². The molecule has 1 aliphatic rings. The molecule has 3 heteroatoms. The summed E-state index contributed by atoms with van der Waals surface area (Å²) in [6, 6.07) is 16.6. The Kier molecular flexibility index (Phi) is 6.61. The number of piperidine rings is 1. The maximum Gasteiger partial charge on any atom is 0.0930 e. The molecule has 0 amide bonds. The quantitative estimate of drug-likeness (QED) is 0.608. The molecule has 0 spiro atoms. The van der Waals surface area contributed by atoms with E-state index in [4.69, 9.17) is 11.6 Å². The van der Waals surface area contributed by atoms with Gasteiger partial charge in [0.25, 0.3) is 0 Å². The van der Waals surface area contributed by atoms with Crippen LogP contribution in [0, 0.1) is 0 Å². The van der Waals surface area contributed by atoms with E-state index in [-0.39, 0.29) is 0 Å². The molecule has 0 unspecified atom stereocenters. The highest BCUT2D eigenvalue weighted by Crippen LogP contribution is 2.35. The first-order chi connectivity index (χ1) is 12.6. The summed E-state index contributed by atoms with van der Waals surface area (Å²) < 4.78 is 0. The second kappa shape index (κ2) is 8.92. The summed E-state index contributed by atoms with van der Waals surface area (Å²) >= 11 is 5.97. The van der Waals surface area contributed by atoms with Crippen LogP contribution in [0.15, 0.2) is 48.5 Å². The molecular formula is C23H30ClNO. The second-order valence-corrected chi connectivity index (χ2v) is 7.94. The predicted octanol–water partition coefficient (Wildman–Crippen LogP) is 5.95. The van der Waals surface area contributed by atoms with E-state index in [1.807, 2.05) is 24.3 Å². The van der Waals surface area contributed by atoms with Crippen LogP contribution >= 0.6 is 11.6 Å². The molecule has 1 saturated heterocycles. The van der Waals surface area contributed by atoms with Gasteiger partial charge in [-0.1, -0.05) is 62.1 Å². The summed E-state index contributed by atoms with van der Waals surface area (Å²) in [5.74, 6) is 0. The van der Waals surface area contributed by atoms with Crippen LogP contribution in [0.3, 0.4) is 0 Å². The highest BCUT2D eigenvalue weighted by Gasteiger charge is 2.33. The van der Waals surface area contributed by atoms with Gasteiger partial charge in [0.1, 0.15) is 0 Å². The molecule has 1 heterocycles. The highest BCUT2D eigenvalue weighted by molar-refractivity contribution is 6.30. The maximum absolute atomic E-state index is 11.0. The van der Waals surface area contributed by atoms with E-state index in [0.29, 0.717) is 5.02 Å². The number of aryl methyl sites for hydroxylation is 1. The second-order valence-electron chi connectivity index (χ2n) is 7.50. The van der Waals surface area contributed by atoms with E-state index < -0.39 is 5.60 Å². The van der Waals surface area contributed by atoms with Gasteiger partial charge in [-0.15, -0.1) is 0 Å². The van der Waals surface area contributed by atoms with Crippen LogP contribution in [-0.4, -0.2) is 18.2 Å². The molecule has 1 aliphatic heterocycles. The summed E-state index contributed by atoms with van der Waals surface area (Å²) in [4.78, 5) is 2.38. The molecule has 0 radical (unpaired) electrons. The Hall–Kier alpha value is -1.51. The van der Waals surface area contributed by atoms with Gasteiger partial charge in [-0.2, -0.15) is 0 Å². The number of rotatable bonds is 7. The third kappa shape index (κ3) is 4.81. The third-order valence-corrected chi connectivity index (χ3v) is 5.84. The van der Waals surface area contributed by atoms with Crippen molar-refractivity contribution in [3.8, 4) is 0 Å². The van der Waals surface area contributed by atoms with E-state index >= 15 is 0 Å². The molecule has 2 nitrogen and oxygen atoms in total. The van der Waals surface area contributed by atoms with Crippen LogP contribution in [0.5, 0.6) is 0 Å². The van der Waals surface area contributed by atoms with Gasteiger partial charge in [-0.25, -0.2) is 0 Å². The minimum atomic E-state index is -0.736. The van der Waals surface area contributed by atoms with Crippen molar-refractivity contribution in [2.75, 3.05) is 18.0 Å². The minimum absolute atomic E-state index is 0.713. The maximum atomic E-state index is 11.0. The predicted molar refractivity (Wildman–Crippen MR) is 111 cm³/mol. The first-order valence-corrected chi connectivity index (χ1v) is 10.3. The van der Waals surface area contributed by atoms with Gasteiger partial charge in [0.15, 0.2) is 0 Å². The van der Waals surface area contributed by atoms with Crippen molar-refractivity contribution in [2.24, 2.45) is 0 Å². The third-order valence-electron chi connectivity index (χ3n) is 5.59. The minimum Gasteiger partial charge on any atom is -0.385 e. The molecule has 0 aromatic heterocycles. The lowest BCUT2D eigenvalue weighted by Gasteiger charge is -2.39. The van der Waals surface area contributed by atoms with Crippen molar-refractivity contribution in [2.45, 2.75) is 57.5 Å². The number of anilines is 1. The van der Waals surface area contributed by atoms with Crippen LogP contribution in [0.4, 0.5) is 5.69 Å². The lowest BCUT2D eigenvalue weighted by Crippen LogP contribution is -2.42. The molecule has 0 bridgehead atoms. The first-order valence-electron chi connectivity index (χ1n) is 9.93. The van der Waals surface area contributed by atoms with Gasteiger partial charge >= 0.3 is 0 Å². The normalized spacial score (nSPS) is 16.7. The molecule has 1 fully saturated rings. The van der Waals surface area contributed by atoms with Crippen molar-refractivity contribution in [1.29, 1.82) is 0 Å². The van der Waals surface area contributed by atoms with Crippen LogP contribution in [0.25, 0.3) is 0 Å². The highest BCUT2D eigenvalue weighted by atomic mass is 35.5. The van der Waals surface area contributed by atoms with E-state index in [0.717, 1.165) is 31.5 Å². The monoisotopic (exact) mass is 371 g/mol. The van der Waals surface area contributed by atoms with Gasteiger partial charge in [0, 0.05) is 23.8 Å². The fourth-order valence-corrected chi connectivity index (χ4v) is 3.94. The van der Waals surface area contributed by atoms with Gasteiger partial charge in [0.2, 0.25) is 0 Å². The number of benzene rings is 2. The Morgan fingerprint density at radius 1 is 0.923 bits per heavy atom. The van der Waals surface area contributed by atoms with E-state index in [9.17, 15) is 5.11 Å². The Bertz CT molecular complexity index is 672. The van der Waals surface area contributed by atoms with Gasteiger partial charge in [0.05, 0.1) is 5.60 Å². The molecule has 0 aliphatic carbocycles. The Morgan fingerprint density at radius 3 is 2.19 bits per heavy atom. The zero-order valence-corrected chi connectivity index (χ0v) is 16.5. The first kappa shape index (κ1) is 19.3. The number of halogens is 1. The molecule has 0 atom stereocenters. The fraction of sp³-hybridized carbons (Fsp3) is 0.478. The Balaban J connectivity index is 1.55. The van der Waals surface area contributed by atoms with Crippen LogP contribution in [0.1, 0.15) is 56.6 Å². The molecule has 0 saturated carbocycles. The number of hydrogen-bond acceptors (Lipinski definition) is 2. The smallest absolute Gasteiger partial charge is 0.0930 e. The average Bonchev–Trinajstić information content (AvgIpc) is 2.67. The summed E-state index contributed by atoms with van der Waals surface area (Å²) in [5.41, 5.74) is 2.93.